The largest absolute Gasteiger partial charge is 0.480 e. The molecule has 2 rings (SSSR count). The number of piperidine rings is 1. The van der Waals surface area contributed by atoms with Crippen LogP contribution in [0.4, 0.5) is 0 Å². The molecular weight excluding hydrogens is 286 g/mol. The number of amides is 1. The lowest BCUT2D eigenvalue weighted by atomic mass is 10.0. The number of hydrogen-bond acceptors (Lipinski definition) is 5. The Morgan fingerprint density at radius 3 is 2.60 bits per heavy atom. The number of sulfone groups is 1. The summed E-state index contributed by atoms with van der Waals surface area (Å²) in [5.41, 5.74) is 0. The maximum atomic E-state index is 12.2. The summed E-state index contributed by atoms with van der Waals surface area (Å²) in [6.45, 7) is 0.324. The van der Waals surface area contributed by atoms with Crippen LogP contribution in [0.3, 0.4) is 0 Å². The van der Waals surface area contributed by atoms with Crippen molar-refractivity contribution in [1.82, 2.24) is 4.90 Å². The lowest BCUT2D eigenvalue weighted by Crippen LogP contribution is -2.47. The van der Waals surface area contributed by atoms with Crippen molar-refractivity contribution in [3.63, 3.8) is 0 Å². The standard InChI is InChI=1S/C12H15NO6S/c1-20(17,18)10-6-5-9(19-10)11(14)13-7-3-2-4-8(13)12(15)16/h5-6,8H,2-4,7H2,1H3,(H,15,16). The first-order chi connectivity index (χ1) is 9.30. The molecule has 1 aromatic rings. The van der Waals surface area contributed by atoms with E-state index < -0.39 is 27.8 Å². The van der Waals surface area contributed by atoms with Crippen LogP contribution in [0.2, 0.25) is 0 Å². The topological polar surface area (TPSA) is 105 Å². The van der Waals surface area contributed by atoms with Crippen LogP contribution in [-0.4, -0.2) is 49.1 Å². The number of carboxylic acid groups (broad SMARTS) is 1. The molecule has 1 atom stereocenters. The monoisotopic (exact) mass is 301 g/mol. The fraction of sp³-hybridized carbons (Fsp3) is 0.500. The summed E-state index contributed by atoms with van der Waals surface area (Å²) in [6.07, 6.45) is 2.82. The van der Waals surface area contributed by atoms with Gasteiger partial charge in [-0.05, 0) is 31.4 Å². The molecule has 7 nitrogen and oxygen atoms in total. The Hall–Kier alpha value is -1.83. The van der Waals surface area contributed by atoms with E-state index in [1.807, 2.05) is 0 Å². The van der Waals surface area contributed by atoms with Crippen molar-refractivity contribution in [2.75, 3.05) is 12.8 Å². The predicted molar refractivity (Wildman–Crippen MR) is 68.1 cm³/mol. The number of nitrogens with zero attached hydrogens (tertiary/aromatic N) is 1. The highest BCUT2D eigenvalue weighted by Crippen LogP contribution is 2.22. The number of furan rings is 1. The highest BCUT2D eigenvalue weighted by molar-refractivity contribution is 7.90. The fourth-order valence-corrected chi connectivity index (χ4v) is 2.76. The van der Waals surface area contributed by atoms with Crippen LogP contribution in [0.25, 0.3) is 0 Å². The van der Waals surface area contributed by atoms with E-state index in [0.29, 0.717) is 13.0 Å². The van der Waals surface area contributed by atoms with Crippen LogP contribution in [0.1, 0.15) is 29.8 Å². The van der Waals surface area contributed by atoms with Gasteiger partial charge < -0.3 is 14.4 Å². The number of aliphatic carboxylic acids is 1. The van der Waals surface area contributed by atoms with Crippen molar-refractivity contribution in [3.8, 4) is 0 Å². The molecule has 1 unspecified atom stereocenters. The molecule has 2 heterocycles. The Kier molecular flexibility index (Phi) is 3.85. The molecule has 110 valence electrons. The summed E-state index contributed by atoms with van der Waals surface area (Å²) in [7, 11) is -3.53. The van der Waals surface area contributed by atoms with Crippen molar-refractivity contribution in [2.45, 2.75) is 30.4 Å². The molecule has 0 spiro atoms. The summed E-state index contributed by atoms with van der Waals surface area (Å²) in [5, 5.41) is 8.82. The highest BCUT2D eigenvalue weighted by atomic mass is 32.2. The smallest absolute Gasteiger partial charge is 0.326 e. The number of rotatable bonds is 3. The zero-order chi connectivity index (χ0) is 14.9. The Bertz CT molecular complexity index is 632. The summed E-state index contributed by atoms with van der Waals surface area (Å²) in [6, 6.07) is 1.57. The minimum Gasteiger partial charge on any atom is -0.480 e. The normalized spacial score (nSPS) is 19.9. The van der Waals surface area contributed by atoms with E-state index in [0.717, 1.165) is 19.1 Å². The van der Waals surface area contributed by atoms with Gasteiger partial charge in [-0.2, -0.15) is 0 Å². The van der Waals surface area contributed by atoms with Gasteiger partial charge >= 0.3 is 5.97 Å². The van der Waals surface area contributed by atoms with E-state index in [2.05, 4.69) is 0 Å². The van der Waals surface area contributed by atoms with Gasteiger partial charge in [0, 0.05) is 12.8 Å². The minimum absolute atomic E-state index is 0.154. The van der Waals surface area contributed by atoms with Crippen LogP contribution in [0.5, 0.6) is 0 Å². The second kappa shape index (κ2) is 5.28. The maximum absolute atomic E-state index is 12.2. The van der Waals surface area contributed by atoms with E-state index >= 15 is 0 Å². The molecule has 0 aliphatic carbocycles. The summed E-state index contributed by atoms with van der Waals surface area (Å²) >= 11 is 0. The Balaban J connectivity index is 2.26. The first-order valence-electron chi connectivity index (χ1n) is 6.14. The van der Waals surface area contributed by atoms with Crippen molar-refractivity contribution in [1.29, 1.82) is 0 Å². The number of carboxylic acids is 1. The van der Waals surface area contributed by atoms with Gasteiger partial charge in [-0.3, -0.25) is 4.79 Å². The lowest BCUT2D eigenvalue weighted by molar-refractivity contribution is -0.143. The van der Waals surface area contributed by atoms with Gasteiger partial charge in [0.1, 0.15) is 6.04 Å². The molecule has 0 bridgehead atoms. The van der Waals surface area contributed by atoms with Crippen molar-refractivity contribution >= 4 is 21.7 Å². The van der Waals surface area contributed by atoms with E-state index in [9.17, 15) is 18.0 Å². The van der Waals surface area contributed by atoms with Crippen molar-refractivity contribution in [2.24, 2.45) is 0 Å². The third-order valence-corrected chi connectivity index (χ3v) is 4.16. The molecule has 1 amide bonds. The Morgan fingerprint density at radius 1 is 1.35 bits per heavy atom. The van der Waals surface area contributed by atoms with Crippen LogP contribution < -0.4 is 0 Å². The summed E-state index contributed by atoms with van der Waals surface area (Å²) in [4.78, 5) is 24.6. The van der Waals surface area contributed by atoms with Crippen LogP contribution in [0.15, 0.2) is 21.6 Å². The molecule has 1 aromatic heterocycles. The van der Waals surface area contributed by atoms with Gasteiger partial charge in [0.2, 0.25) is 14.9 Å². The van der Waals surface area contributed by atoms with Crippen molar-refractivity contribution in [3.05, 3.63) is 17.9 Å². The van der Waals surface area contributed by atoms with Gasteiger partial charge in [-0.25, -0.2) is 13.2 Å². The molecule has 8 heteroatoms. The van der Waals surface area contributed by atoms with Gasteiger partial charge in [-0.15, -0.1) is 0 Å². The van der Waals surface area contributed by atoms with Crippen LogP contribution >= 0.6 is 0 Å². The van der Waals surface area contributed by atoms with Gasteiger partial charge in [0.05, 0.1) is 0 Å². The Morgan fingerprint density at radius 2 is 2.05 bits per heavy atom. The molecule has 1 aliphatic rings. The molecule has 20 heavy (non-hydrogen) atoms. The molecule has 0 saturated carbocycles. The third-order valence-electron chi connectivity index (χ3n) is 3.21. The number of carbonyl (C=O) groups excluding carboxylic acids is 1. The second-order valence-electron chi connectivity index (χ2n) is 4.74. The van der Waals surface area contributed by atoms with E-state index in [-0.39, 0.29) is 10.9 Å². The molecule has 1 fully saturated rings. The Labute approximate surface area is 116 Å². The van der Waals surface area contributed by atoms with Gasteiger partial charge in [-0.1, -0.05) is 0 Å². The zero-order valence-corrected chi connectivity index (χ0v) is 11.7. The van der Waals surface area contributed by atoms with Crippen LogP contribution in [0, 0.1) is 0 Å². The zero-order valence-electron chi connectivity index (χ0n) is 10.9. The average molecular weight is 301 g/mol. The number of hydrogen-bond donors (Lipinski definition) is 1. The second-order valence-corrected chi connectivity index (χ2v) is 6.69. The quantitative estimate of drug-likeness (QED) is 0.883. The highest BCUT2D eigenvalue weighted by Gasteiger charge is 2.34. The molecule has 0 aromatic carbocycles. The van der Waals surface area contributed by atoms with Gasteiger partial charge in [0.25, 0.3) is 5.91 Å². The molecule has 1 saturated heterocycles. The number of likely N-dealkylation sites (tertiary alicyclic amines) is 1. The lowest BCUT2D eigenvalue weighted by Gasteiger charge is -2.32. The summed E-state index contributed by atoms with van der Waals surface area (Å²) < 4.78 is 27.6. The molecule has 0 radical (unpaired) electrons. The van der Waals surface area contributed by atoms with E-state index in [1.165, 1.54) is 17.0 Å². The van der Waals surface area contributed by atoms with E-state index in [1.54, 1.807) is 0 Å². The number of carbonyl (C=O) groups is 2. The first kappa shape index (κ1) is 14.6. The molecule has 1 N–H and O–H groups in total. The minimum atomic E-state index is -3.53. The maximum Gasteiger partial charge on any atom is 0.326 e. The van der Waals surface area contributed by atoms with Crippen molar-refractivity contribution < 1.29 is 27.5 Å². The average Bonchev–Trinajstić information content (AvgIpc) is 2.87. The molecular formula is C12H15NO6S. The van der Waals surface area contributed by atoms with E-state index in [4.69, 9.17) is 9.52 Å². The first-order valence-corrected chi connectivity index (χ1v) is 8.03. The fourth-order valence-electron chi connectivity index (χ4n) is 2.21. The molecule has 1 aliphatic heterocycles. The third kappa shape index (κ3) is 2.84. The summed E-state index contributed by atoms with van der Waals surface area (Å²) in [5.74, 6) is -1.81. The predicted octanol–water partition coefficient (Wildman–Crippen LogP) is 0.762. The SMILES string of the molecule is CS(=O)(=O)c1ccc(C(=O)N2CCCCC2C(=O)O)o1. The van der Waals surface area contributed by atoms with Gasteiger partial charge in [0.15, 0.2) is 5.76 Å². The van der Waals surface area contributed by atoms with Crippen LogP contribution in [-0.2, 0) is 14.6 Å².